The van der Waals surface area contributed by atoms with E-state index in [0.717, 1.165) is 56.7 Å². The molecular weight excluding hydrogens is 350 g/mol. The maximum absolute atomic E-state index is 12.8. The van der Waals surface area contributed by atoms with Crippen LogP contribution in [0.4, 0.5) is 4.79 Å². The van der Waals surface area contributed by atoms with E-state index in [2.05, 4.69) is 59.7 Å². The first-order chi connectivity index (χ1) is 13.5. The third kappa shape index (κ3) is 3.77. The Morgan fingerprint density at radius 3 is 2.79 bits per heavy atom. The van der Waals surface area contributed by atoms with Crippen LogP contribution in [-0.4, -0.2) is 20.8 Å². The SMILES string of the molecule is CCc1nc2n(n1)CCC[C@@H]2NC(=O)N[C@@H]1CCCc2ccc(C(C)C)cc21. The van der Waals surface area contributed by atoms with Gasteiger partial charge in [0, 0.05) is 13.0 Å². The van der Waals surface area contributed by atoms with E-state index >= 15 is 0 Å². The number of hydrogen-bond acceptors (Lipinski definition) is 3. The van der Waals surface area contributed by atoms with Crippen LogP contribution in [0.25, 0.3) is 0 Å². The minimum absolute atomic E-state index is 0.0633. The molecule has 0 spiro atoms. The molecule has 150 valence electrons. The molecule has 2 N–H and O–H groups in total. The van der Waals surface area contributed by atoms with Crippen LogP contribution in [0.2, 0.25) is 0 Å². The van der Waals surface area contributed by atoms with Gasteiger partial charge in [0.05, 0.1) is 12.1 Å². The molecular formula is C22H31N5O. The number of carbonyl (C=O) groups excluding carboxylic acids is 1. The lowest BCUT2D eigenvalue weighted by atomic mass is 9.85. The van der Waals surface area contributed by atoms with Crippen LogP contribution in [0, 0.1) is 0 Å². The highest BCUT2D eigenvalue weighted by molar-refractivity contribution is 5.75. The van der Waals surface area contributed by atoms with Crippen LogP contribution in [-0.2, 0) is 19.4 Å². The molecule has 28 heavy (non-hydrogen) atoms. The molecule has 4 rings (SSSR count). The van der Waals surface area contributed by atoms with Gasteiger partial charge >= 0.3 is 6.03 Å². The molecule has 1 aliphatic heterocycles. The summed E-state index contributed by atoms with van der Waals surface area (Å²) in [7, 11) is 0. The molecule has 2 heterocycles. The molecule has 1 aliphatic carbocycles. The van der Waals surface area contributed by atoms with Crippen LogP contribution >= 0.6 is 0 Å². The van der Waals surface area contributed by atoms with Crippen molar-refractivity contribution in [3.05, 3.63) is 46.5 Å². The van der Waals surface area contributed by atoms with Gasteiger partial charge in [0.2, 0.25) is 0 Å². The van der Waals surface area contributed by atoms with E-state index in [-0.39, 0.29) is 18.1 Å². The third-order valence-electron chi connectivity index (χ3n) is 6.00. The molecule has 2 atom stereocenters. The molecule has 6 heteroatoms. The van der Waals surface area contributed by atoms with E-state index in [1.807, 2.05) is 4.68 Å². The Labute approximate surface area is 167 Å². The van der Waals surface area contributed by atoms with E-state index < -0.39 is 0 Å². The normalized spacial score (nSPS) is 21.1. The molecule has 6 nitrogen and oxygen atoms in total. The molecule has 0 bridgehead atoms. The zero-order valence-electron chi connectivity index (χ0n) is 17.2. The number of nitrogens with zero attached hydrogens (tertiary/aromatic N) is 3. The third-order valence-corrected chi connectivity index (χ3v) is 6.00. The van der Waals surface area contributed by atoms with Crippen molar-refractivity contribution in [3.8, 4) is 0 Å². The summed E-state index contributed by atoms with van der Waals surface area (Å²) in [5.74, 6) is 2.24. The number of nitrogens with one attached hydrogen (secondary N) is 2. The van der Waals surface area contributed by atoms with E-state index in [0.29, 0.717) is 5.92 Å². The Balaban J connectivity index is 1.47. The van der Waals surface area contributed by atoms with Crippen LogP contribution in [0.15, 0.2) is 18.2 Å². The summed E-state index contributed by atoms with van der Waals surface area (Å²) in [5, 5.41) is 10.9. The summed E-state index contributed by atoms with van der Waals surface area (Å²) in [4.78, 5) is 17.4. The van der Waals surface area contributed by atoms with Crippen molar-refractivity contribution in [3.63, 3.8) is 0 Å². The number of hydrogen-bond donors (Lipinski definition) is 2. The van der Waals surface area contributed by atoms with Gasteiger partial charge in [0.25, 0.3) is 0 Å². The fraction of sp³-hybridized carbons (Fsp3) is 0.591. The lowest BCUT2D eigenvalue weighted by Gasteiger charge is -2.29. The number of rotatable bonds is 4. The predicted octanol–water partition coefficient (Wildman–Crippen LogP) is 4.18. The Hall–Kier alpha value is -2.37. The summed E-state index contributed by atoms with van der Waals surface area (Å²) in [6.07, 6.45) is 5.93. The molecule has 0 saturated heterocycles. The highest BCUT2D eigenvalue weighted by atomic mass is 16.2. The Morgan fingerprint density at radius 1 is 1.21 bits per heavy atom. The lowest BCUT2D eigenvalue weighted by molar-refractivity contribution is 0.227. The van der Waals surface area contributed by atoms with E-state index in [1.165, 1.54) is 16.7 Å². The van der Waals surface area contributed by atoms with E-state index in [4.69, 9.17) is 0 Å². The van der Waals surface area contributed by atoms with Crippen molar-refractivity contribution in [2.45, 2.75) is 83.8 Å². The first-order valence-electron chi connectivity index (χ1n) is 10.7. The minimum atomic E-state index is -0.104. The molecule has 0 fully saturated rings. The highest BCUT2D eigenvalue weighted by Crippen LogP contribution is 2.32. The number of aromatic nitrogens is 3. The average Bonchev–Trinajstić information content (AvgIpc) is 3.12. The topological polar surface area (TPSA) is 71.8 Å². The summed E-state index contributed by atoms with van der Waals surface area (Å²) < 4.78 is 1.96. The van der Waals surface area contributed by atoms with Crippen molar-refractivity contribution in [2.75, 3.05) is 0 Å². The van der Waals surface area contributed by atoms with Gasteiger partial charge in [-0.25, -0.2) is 14.5 Å². The van der Waals surface area contributed by atoms with Gasteiger partial charge in [0.1, 0.15) is 5.82 Å². The van der Waals surface area contributed by atoms with Gasteiger partial charge in [-0.15, -0.1) is 0 Å². The van der Waals surface area contributed by atoms with Gasteiger partial charge in [0.15, 0.2) is 5.82 Å². The van der Waals surface area contributed by atoms with Crippen molar-refractivity contribution in [1.29, 1.82) is 0 Å². The Kier molecular flexibility index (Phi) is 5.38. The molecule has 2 amide bonds. The molecule has 2 aromatic rings. The summed E-state index contributed by atoms with van der Waals surface area (Å²) in [6.45, 7) is 7.37. The molecule has 2 aliphatic rings. The van der Waals surface area contributed by atoms with Crippen molar-refractivity contribution in [2.24, 2.45) is 0 Å². The molecule has 1 aromatic carbocycles. The highest BCUT2D eigenvalue weighted by Gasteiger charge is 2.27. The number of carbonyl (C=O) groups is 1. The maximum Gasteiger partial charge on any atom is 0.315 e. The Morgan fingerprint density at radius 2 is 2.00 bits per heavy atom. The van der Waals surface area contributed by atoms with Gasteiger partial charge < -0.3 is 10.6 Å². The second-order valence-electron chi connectivity index (χ2n) is 8.33. The standard InChI is InChI=1S/C22H31N5O/c1-4-20-25-21-19(9-6-12-27(21)26-20)24-22(28)23-18-8-5-7-15-10-11-16(14(2)3)13-17(15)18/h10-11,13-14,18-19H,4-9,12H2,1-3H3,(H2,23,24,28)/t18-,19+/m1/s1. The summed E-state index contributed by atoms with van der Waals surface area (Å²) >= 11 is 0. The van der Waals surface area contributed by atoms with Crippen LogP contribution in [0.1, 0.15) is 92.8 Å². The fourth-order valence-electron chi connectivity index (χ4n) is 4.37. The summed E-state index contributed by atoms with van der Waals surface area (Å²) in [5.41, 5.74) is 3.99. The Bertz CT molecular complexity index is 857. The molecule has 0 unspecified atom stereocenters. The maximum atomic E-state index is 12.8. The monoisotopic (exact) mass is 381 g/mol. The number of benzene rings is 1. The first-order valence-corrected chi connectivity index (χ1v) is 10.7. The zero-order valence-corrected chi connectivity index (χ0v) is 17.2. The smallest absolute Gasteiger partial charge is 0.315 e. The van der Waals surface area contributed by atoms with Crippen molar-refractivity contribution >= 4 is 6.03 Å². The average molecular weight is 382 g/mol. The van der Waals surface area contributed by atoms with Gasteiger partial charge in [-0.1, -0.05) is 39.0 Å². The predicted molar refractivity (Wildman–Crippen MR) is 109 cm³/mol. The quantitative estimate of drug-likeness (QED) is 0.835. The molecule has 1 aromatic heterocycles. The number of fused-ring (bicyclic) bond motifs is 2. The van der Waals surface area contributed by atoms with Crippen molar-refractivity contribution < 1.29 is 4.79 Å². The van der Waals surface area contributed by atoms with Crippen LogP contribution in [0.3, 0.4) is 0 Å². The summed E-state index contributed by atoms with van der Waals surface area (Å²) in [6, 6.07) is 6.67. The largest absolute Gasteiger partial charge is 0.331 e. The van der Waals surface area contributed by atoms with Gasteiger partial charge in [-0.05, 0) is 54.7 Å². The number of amides is 2. The van der Waals surface area contributed by atoms with E-state index in [9.17, 15) is 4.79 Å². The van der Waals surface area contributed by atoms with E-state index in [1.54, 1.807) is 0 Å². The first kappa shape index (κ1) is 19.0. The van der Waals surface area contributed by atoms with Gasteiger partial charge in [-0.3, -0.25) is 0 Å². The van der Waals surface area contributed by atoms with Gasteiger partial charge in [-0.2, -0.15) is 5.10 Å². The second-order valence-corrected chi connectivity index (χ2v) is 8.33. The number of aryl methyl sites for hydroxylation is 3. The van der Waals surface area contributed by atoms with Crippen molar-refractivity contribution in [1.82, 2.24) is 25.4 Å². The number of urea groups is 1. The molecule has 0 radical (unpaired) electrons. The second kappa shape index (κ2) is 7.94. The fourth-order valence-corrected chi connectivity index (χ4v) is 4.37. The van der Waals surface area contributed by atoms with Crippen LogP contribution < -0.4 is 10.6 Å². The minimum Gasteiger partial charge on any atom is -0.331 e. The lowest BCUT2D eigenvalue weighted by Crippen LogP contribution is -2.42. The zero-order chi connectivity index (χ0) is 19.7. The molecule has 0 saturated carbocycles. The van der Waals surface area contributed by atoms with Crippen LogP contribution in [0.5, 0.6) is 0 Å².